The number of benzene rings is 4. The molecule has 4 rings (SSSR count). The Kier molecular flexibility index (Phi) is 10.4. The Balaban J connectivity index is 1.73. The molecule has 10 nitrogen and oxygen atoms in total. The lowest BCUT2D eigenvalue weighted by Crippen LogP contribution is -2.29. The van der Waals surface area contributed by atoms with Gasteiger partial charge in [-0.1, -0.05) is 24.3 Å². The van der Waals surface area contributed by atoms with Crippen LogP contribution in [0.5, 0.6) is 0 Å². The Morgan fingerprint density at radius 3 is 1.86 bits per heavy atom. The summed E-state index contributed by atoms with van der Waals surface area (Å²) in [6.45, 7) is 4.23. The van der Waals surface area contributed by atoms with Gasteiger partial charge in [-0.2, -0.15) is 0 Å². The minimum atomic E-state index is -0.733. The second kappa shape index (κ2) is 14.6. The van der Waals surface area contributed by atoms with Gasteiger partial charge < -0.3 is 31.6 Å². The normalized spacial score (nSPS) is 10.5. The molecule has 0 aliphatic rings. The Morgan fingerprint density at radius 2 is 1.30 bits per heavy atom. The van der Waals surface area contributed by atoms with Crippen LogP contribution in [0, 0.1) is 11.6 Å². The van der Waals surface area contributed by atoms with E-state index in [1.165, 1.54) is 35.2 Å². The van der Waals surface area contributed by atoms with Crippen LogP contribution in [0.2, 0.25) is 0 Å². The number of halogens is 2. The third kappa shape index (κ3) is 8.06. The van der Waals surface area contributed by atoms with Crippen LogP contribution in [0.25, 0.3) is 0 Å². The number of nitrogens with one attached hydrogen (secondary N) is 3. The average molecular weight is 605 g/mol. The maximum absolute atomic E-state index is 13.5. The van der Waals surface area contributed by atoms with E-state index >= 15 is 0 Å². The van der Waals surface area contributed by atoms with Crippen LogP contribution in [0.3, 0.4) is 0 Å². The van der Waals surface area contributed by atoms with Crippen molar-refractivity contribution in [1.29, 1.82) is 0 Å². The number of anilines is 7. The molecule has 0 saturated carbocycles. The maximum atomic E-state index is 13.5. The van der Waals surface area contributed by atoms with Gasteiger partial charge >= 0.3 is 12.2 Å². The number of nitrogens with two attached hydrogens (primary N) is 2. The highest BCUT2D eigenvalue weighted by Crippen LogP contribution is 2.41. The van der Waals surface area contributed by atoms with Gasteiger partial charge in [-0.3, -0.25) is 5.32 Å². The number of hydrogen-bond donors (Lipinski definition) is 5. The topological polar surface area (TPSA) is 144 Å². The van der Waals surface area contributed by atoms with Crippen LogP contribution < -0.4 is 32.3 Å². The first-order valence-electron chi connectivity index (χ1n) is 13.9. The standard InChI is InChI=1S/C32H34F2N6O4/c1-3-43-31(41)39-27-17-30(28(16-25(27)35)38-19-21-7-11-23(34)12-8-21)40(32(42)44-4-2)29-14-13-24(15-26(29)36)37-18-20-5-9-22(33)10-6-20/h5-17,37-38H,3-4,18-19,35-36H2,1-2H3,(H,39,41). The van der Waals surface area contributed by atoms with Gasteiger partial charge in [-0.05, 0) is 79.6 Å². The number of carbonyl (C=O) groups is 2. The van der Waals surface area contributed by atoms with Crippen molar-refractivity contribution in [2.45, 2.75) is 26.9 Å². The third-order valence-electron chi connectivity index (χ3n) is 6.45. The van der Waals surface area contributed by atoms with E-state index in [0.29, 0.717) is 23.6 Å². The molecule has 0 atom stereocenters. The highest BCUT2D eigenvalue weighted by atomic mass is 19.1. The molecule has 2 amide bonds. The van der Waals surface area contributed by atoms with Gasteiger partial charge in [-0.15, -0.1) is 0 Å². The molecule has 0 heterocycles. The van der Waals surface area contributed by atoms with Crippen molar-refractivity contribution in [1.82, 2.24) is 0 Å². The van der Waals surface area contributed by atoms with Crippen LogP contribution in [-0.2, 0) is 22.6 Å². The van der Waals surface area contributed by atoms with Crippen molar-refractivity contribution in [3.05, 3.63) is 102 Å². The van der Waals surface area contributed by atoms with E-state index in [1.54, 1.807) is 62.4 Å². The fourth-order valence-corrected chi connectivity index (χ4v) is 4.31. The molecule has 0 aliphatic carbocycles. The van der Waals surface area contributed by atoms with Crippen LogP contribution in [0.1, 0.15) is 25.0 Å². The lowest BCUT2D eigenvalue weighted by Gasteiger charge is -2.27. The molecule has 230 valence electrons. The number of nitrogen functional groups attached to an aromatic ring is 2. The molecule has 0 saturated heterocycles. The monoisotopic (exact) mass is 604 g/mol. The fourth-order valence-electron chi connectivity index (χ4n) is 4.31. The van der Waals surface area contributed by atoms with Gasteiger partial charge in [0.25, 0.3) is 0 Å². The average Bonchev–Trinajstić information content (AvgIpc) is 2.99. The zero-order valence-electron chi connectivity index (χ0n) is 24.3. The van der Waals surface area contributed by atoms with Gasteiger partial charge in [-0.25, -0.2) is 23.3 Å². The van der Waals surface area contributed by atoms with Crippen LogP contribution in [-0.4, -0.2) is 25.4 Å². The first-order valence-corrected chi connectivity index (χ1v) is 13.9. The SMILES string of the molecule is CCOC(=O)Nc1cc(N(C(=O)OCC)c2ccc(NCc3ccc(F)cc3)cc2N)c(NCc2ccc(F)cc2)cc1N. The summed E-state index contributed by atoms with van der Waals surface area (Å²) in [4.78, 5) is 27.0. The fraction of sp³-hybridized carbons (Fsp3) is 0.188. The van der Waals surface area contributed by atoms with Crippen LogP contribution in [0.4, 0.5) is 58.2 Å². The molecule has 0 bridgehead atoms. The molecular formula is C32H34F2N6O4. The van der Waals surface area contributed by atoms with E-state index in [-0.39, 0.29) is 54.1 Å². The zero-order valence-corrected chi connectivity index (χ0v) is 24.3. The van der Waals surface area contributed by atoms with E-state index in [1.807, 2.05) is 0 Å². The molecule has 0 aromatic heterocycles. The number of ether oxygens (including phenoxy) is 2. The van der Waals surface area contributed by atoms with E-state index < -0.39 is 12.2 Å². The number of rotatable bonds is 11. The summed E-state index contributed by atoms with van der Waals surface area (Å²) in [5.74, 6) is -0.691. The van der Waals surface area contributed by atoms with E-state index in [0.717, 1.165) is 11.1 Å². The summed E-state index contributed by atoms with van der Waals surface area (Å²) in [6.07, 6.45) is -1.46. The molecule has 0 radical (unpaired) electrons. The molecule has 4 aromatic carbocycles. The van der Waals surface area contributed by atoms with Crippen LogP contribution >= 0.6 is 0 Å². The van der Waals surface area contributed by atoms with Crippen molar-refractivity contribution >= 4 is 52.0 Å². The van der Waals surface area contributed by atoms with Crippen LogP contribution in [0.15, 0.2) is 78.9 Å². The largest absolute Gasteiger partial charge is 0.450 e. The zero-order chi connectivity index (χ0) is 31.6. The van der Waals surface area contributed by atoms with Gasteiger partial charge in [0.2, 0.25) is 0 Å². The number of amides is 2. The predicted octanol–water partition coefficient (Wildman–Crippen LogP) is 7.22. The lowest BCUT2D eigenvalue weighted by atomic mass is 10.1. The molecule has 0 unspecified atom stereocenters. The third-order valence-corrected chi connectivity index (χ3v) is 6.45. The summed E-state index contributed by atoms with van der Waals surface area (Å²) in [6, 6.07) is 20.2. The molecule has 12 heteroatoms. The van der Waals surface area contributed by atoms with E-state index in [4.69, 9.17) is 20.9 Å². The quantitative estimate of drug-likeness (QED) is 0.113. The summed E-state index contributed by atoms with van der Waals surface area (Å²) >= 11 is 0. The molecule has 4 aromatic rings. The summed E-state index contributed by atoms with van der Waals surface area (Å²) < 4.78 is 37.2. The van der Waals surface area contributed by atoms with Crippen molar-refractivity contribution in [3.8, 4) is 0 Å². The molecule has 44 heavy (non-hydrogen) atoms. The highest BCUT2D eigenvalue weighted by molar-refractivity contribution is 6.05. The van der Waals surface area contributed by atoms with Gasteiger partial charge in [0.05, 0.1) is 47.3 Å². The minimum Gasteiger partial charge on any atom is -0.450 e. The highest BCUT2D eigenvalue weighted by Gasteiger charge is 2.26. The minimum absolute atomic E-state index is 0.0772. The van der Waals surface area contributed by atoms with Crippen molar-refractivity contribution < 1.29 is 27.8 Å². The molecule has 0 aliphatic heterocycles. The van der Waals surface area contributed by atoms with Crippen molar-refractivity contribution in [2.75, 3.05) is 45.5 Å². The summed E-state index contributed by atoms with van der Waals surface area (Å²) in [7, 11) is 0. The molecule has 0 spiro atoms. The molecular weight excluding hydrogens is 570 g/mol. The second-order valence-electron chi connectivity index (χ2n) is 9.57. The Hall–Kier alpha value is -5.52. The smallest absolute Gasteiger partial charge is 0.419 e. The summed E-state index contributed by atoms with van der Waals surface area (Å²) in [5, 5.41) is 9.07. The van der Waals surface area contributed by atoms with Gasteiger partial charge in [0.15, 0.2) is 0 Å². The number of carbonyl (C=O) groups excluding carboxylic acids is 2. The predicted molar refractivity (Wildman–Crippen MR) is 169 cm³/mol. The summed E-state index contributed by atoms with van der Waals surface area (Å²) in [5.41, 5.74) is 16.7. The first-order chi connectivity index (χ1) is 21.2. The number of nitrogens with zero attached hydrogens (tertiary/aromatic N) is 1. The lowest BCUT2D eigenvalue weighted by molar-refractivity contribution is 0.162. The Morgan fingerprint density at radius 1 is 0.705 bits per heavy atom. The first kappa shape index (κ1) is 31.4. The molecule has 7 N–H and O–H groups in total. The molecule has 0 fully saturated rings. The van der Waals surface area contributed by atoms with E-state index in [2.05, 4.69) is 16.0 Å². The Labute approximate surface area is 253 Å². The number of hydrogen-bond acceptors (Lipinski definition) is 8. The van der Waals surface area contributed by atoms with E-state index in [9.17, 15) is 18.4 Å². The maximum Gasteiger partial charge on any atom is 0.419 e. The van der Waals surface area contributed by atoms with Crippen molar-refractivity contribution in [2.24, 2.45) is 0 Å². The Bertz CT molecular complexity index is 1600. The van der Waals surface area contributed by atoms with Gasteiger partial charge in [0.1, 0.15) is 11.6 Å². The van der Waals surface area contributed by atoms with Crippen molar-refractivity contribution in [3.63, 3.8) is 0 Å². The van der Waals surface area contributed by atoms with Gasteiger partial charge in [0, 0.05) is 18.8 Å². The second-order valence-corrected chi connectivity index (χ2v) is 9.57.